The summed E-state index contributed by atoms with van der Waals surface area (Å²) in [7, 11) is -1.33. The van der Waals surface area contributed by atoms with Gasteiger partial charge in [0.15, 0.2) is 17.5 Å². The number of hydrogen-bond acceptors (Lipinski definition) is 3. The highest BCUT2D eigenvalue weighted by Crippen LogP contribution is 2.31. The van der Waals surface area contributed by atoms with Crippen molar-refractivity contribution in [3.63, 3.8) is 0 Å². The Morgan fingerprint density at radius 2 is 0.609 bits per heavy atom. The maximum absolute atomic E-state index is 4.89. The molecule has 0 amide bonds. The standard InChI is InChI=1S/C42H35N3Si/c1-46(2,3)39-26-24-31(25-27-39)36-17-11-19-38(29-36)37-18-10-16-35(28-37)30-20-22-34(23-21-30)42-44-40(32-12-6-4-7-13-32)43-41(45-42)33-14-8-5-9-15-33/h4-29H,1-3H3. The molecule has 0 saturated heterocycles. The van der Waals surface area contributed by atoms with Gasteiger partial charge in [-0.25, -0.2) is 15.0 Å². The number of benzene rings is 6. The van der Waals surface area contributed by atoms with E-state index in [0.717, 1.165) is 22.3 Å². The van der Waals surface area contributed by atoms with Crippen LogP contribution >= 0.6 is 0 Å². The molecule has 0 aliphatic carbocycles. The van der Waals surface area contributed by atoms with E-state index >= 15 is 0 Å². The van der Waals surface area contributed by atoms with Gasteiger partial charge in [0.05, 0.1) is 8.07 Å². The zero-order valence-corrected chi connectivity index (χ0v) is 27.4. The number of nitrogens with zero attached hydrogens (tertiary/aromatic N) is 3. The third-order valence-corrected chi connectivity index (χ3v) is 10.4. The van der Waals surface area contributed by atoms with E-state index in [0.29, 0.717) is 17.5 Å². The molecule has 3 nitrogen and oxygen atoms in total. The molecule has 6 aromatic carbocycles. The second-order valence-electron chi connectivity index (χ2n) is 12.6. The van der Waals surface area contributed by atoms with Crippen LogP contribution in [0, 0.1) is 0 Å². The molecule has 0 unspecified atom stereocenters. The van der Waals surface area contributed by atoms with Crippen molar-refractivity contribution in [2.24, 2.45) is 0 Å². The van der Waals surface area contributed by atoms with Crippen molar-refractivity contribution in [3.8, 4) is 67.5 Å². The van der Waals surface area contributed by atoms with Crippen LogP contribution in [-0.2, 0) is 0 Å². The van der Waals surface area contributed by atoms with Crippen LogP contribution in [0.5, 0.6) is 0 Å². The van der Waals surface area contributed by atoms with E-state index in [9.17, 15) is 0 Å². The van der Waals surface area contributed by atoms with Gasteiger partial charge in [-0.3, -0.25) is 0 Å². The summed E-state index contributed by atoms with van der Waals surface area (Å²) in [6.07, 6.45) is 0. The van der Waals surface area contributed by atoms with Gasteiger partial charge in [0, 0.05) is 16.7 Å². The summed E-state index contributed by atoms with van der Waals surface area (Å²) in [4.78, 5) is 14.6. The quantitative estimate of drug-likeness (QED) is 0.169. The normalized spacial score (nSPS) is 11.4. The molecule has 7 rings (SSSR count). The minimum absolute atomic E-state index is 0.655. The zero-order valence-electron chi connectivity index (χ0n) is 26.4. The highest BCUT2D eigenvalue weighted by molar-refractivity contribution is 6.88. The summed E-state index contributed by atoms with van der Waals surface area (Å²) >= 11 is 0. The molecule has 7 aromatic rings. The van der Waals surface area contributed by atoms with E-state index in [1.807, 2.05) is 60.7 Å². The van der Waals surface area contributed by atoms with Crippen LogP contribution in [0.25, 0.3) is 67.5 Å². The van der Waals surface area contributed by atoms with Gasteiger partial charge in [-0.05, 0) is 45.5 Å². The number of aromatic nitrogens is 3. The second kappa shape index (κ2) is 12.5. The van der Waals surface area contributed by atoms with E-state index in [-0.39, 0.29) is 0 Å². The fourth-order valence-corrected chi connectivity index (χ4v) is 6.84. The molecule has 0 aliphatic rings. The van der Waals surface area contributed by atoms with Crippen LogP contribution in [0.1, 0.15) is 0 Å². The zero-order chi connectivity index (χ0) is 31.5. The molecule has 0 N–H and O–H groups in total. The molecule has 222 valence electrons. The lowest BCUT2D eigenvalue weighted by molar-refractivity contribution is 1.07. The van der Waals surface area contributed by atoms with Crippen molar-refractivity contribution < 1.29 is 0 Å². The van der Waals surface area contributed by atoms with Crippen molar-refractivity contribution in [3.05, 3.63) is 158 Å². The van der Waals surface area contributed by atoms with Crippen LogP contribution < -0.4 is 5.19 Å². The van der Waals surface area contributed by atoms with E-state index in [1.165, 1.54) is 33.0 Å². The van der Waals surface area contributed by atoms with E-state index in [4.69, 9.17) is 15.0 Å². The lowest BCUT2D eigenvalue weighted by Gasteiger charge is -2.17. The SMILES string of the molecule is C[Si](C)(C)c1ccc(-c2cccc(-c3cccc(-c4ccc(-c5nc(-c6ccccc6)nc(-c6ccccc6)n5)cc4)c3)c2)cc1. The van der Waals surface area contributed by atoms with E-state index < -0.39 is 8.07 Å². The van der Waals surface area contributed by atoms with Gasteiger partial charge in [0.1, 0.15) is 0 Å². The van der Waals surface area contributed by atoms with Crippen molar-refractivity contribution in [2.45, 2.75) is 19.6 Å². The first-order valence-electron chi connectivity index (χ1n) is 15.7. The number of hydrogen-bond donors (Lipinski definition) is 0. The molecule has 0 aliphatic heterocycles. The highest BCUT2D eigenvalue weighted by Gasteiger charge is 2.16. The van der Waals surface area contributed by atoms with E-state index in [2.05, 4.69) is 117 Å². The molecule has 1 heterocycles. The largest absolute Gasteiger partial charge is 0.208 e. The highest BCUT2D eigenvalue weighted by atomic mass is 28.3. The fourth-order valence-electron chi connectivity index (χ4n) is 5.67. The Bertz CT molecular complexity index is 2040. The predicted molar refractivity (Wildman–Crippen MR) is 195 cm³/mol. The van der Waals surface area contributed by atoms with Gasteiger partial charge in [-0.15, -0.1) is 0 Å². The topological polar surface area (TPSA) is 38.7 Å². The molecule has 0 saturated carbocycles. The van der Waals surface area contributed by atoms with Crippen LogP contribution in [0.4, 0.5) is 0 Å². The monoisotopic (exact) mass is 609 g/mol. The van der Waals surface area contributed by atoms with Gasteiger partial charge in [-0.2, -0.15) is 0 Å². The maximum Gasteiger partial charge on any atom is 0.164 e. The van der Waals surface area contributed by atoms with Crippen molar-refractivity contribution in [1.82, 2.24) is 15.0 Å². The van der Waals surface area contributed by atoms with Crippen LogP contribution in [-0.4, -0.2) is 23.0 Å². The first kappa shape index (κ1) is 29.3. The Kier molecular flexibility index (Phi) is 7.96. The van der Waals surface area contributed by atoms with Gasteiger partial charge < -0.3 is 0 Å². The molecule has 0 bridgehead atoms. The molecule has 0 spiro atoms. The smallest absolute Gasteiger partial charge is 0.164 e. The molecule has 0 radical (unpaired) electrons. The number of rotatable bonds is 7. The Balaban J connectivity index is 1.19. The second-order valence-corrected chi connectivity index (χ2v) is 17.7. The maximum atomic E-state index is 4.89. The van der Waals surface area contributed by atoms with E-state index in [1.54, 1.807) is 0 Å². The van der Waals surface area contributed by atoms with Crippen molar-refractivity contribution >= 4 is 13.3 Å². The molecule has 0 atom stereocenters. The van der Waals surface area contributed by atoms with Gasteiger partial charge in [-0.1, -0.05) is 170 Å². The first-order chi connectivity index (χ1) is 22.4. The Hall–Kier alpha value is -5.45. The first-order valence-corrected chi connectivity index (χ1v) is 19.2. The third-order valence-electron chi connectivity index (χ3n) is 8.32. The molecular formula is C42H35N3Si. The summed E-state index contributed by atoms with van der Waals surface area (Å²) in [5, 5.41) is 1.48. The summed E-state index contributed by atoms with van der Waals surface area (Å²) < 4.78 is 0. The van der Waals surface area contributed by atoms with Crippen LogP contribution in [0.15, 0.2) is 158 Å². The lowest BCUT2D eigenvalue weighted by Crippen LogP contribution is -2.37. The summed E-state index contributed by atoms with van der Waals surface area (Å²) in [5.74, 6) is 1.98. The van der Waals surface area contributed by atoms with Crippen molar-refractivity contribution in [1.29, 1.82) is 0 Å². The Labute approximate surface area is 272 Å². The summed E-state index contributed by atoms with van der Waals surface area (Å²) in [5.41, 5.74) is 10.1. The molecule has 4 heteroatoms. The predicted octanol–water partition coefficient (Wildman–Crippen LogP) is 10.4. The Morgan fingerprint density at radius 3 is 1.00 bits per heavy atom. The molecule has 0 fully saturated rings. The molecular weight excluding hydrogens is 575 g/mol. The van der Waals surface area contributed by atoms with Crippen LogP contribution in [0.2, 0.25) is 19.6 Å². The summed E-state index contributed by atoms with van der Waals surface area (Å²) in [6.45, 7) is 7.17. The fraction of sp³-hybridized carbons (Fsp3) is 0.0714. The third kappa shape index (κ3) is 6.34. The average Bonchev–Trinajstić information content (AvgIpc) is 3.12. The molecule has 46 heavy (non-hydrogen) atoms. The van der Waals surface area contributed by atoms with Gasteiger partial charge in [0.25, 0.3) is 0 Å². The van der Waals surface area contributed by atoms with Gasteiger partial charge in [0.2, 0.25) is 0 Å². The van der Waals surface area contributed by atoms with Crippen LogP contribution in [0.3, 0.4) is 0 Å². The lowest BCUT2D eigenvalue weighted by atomic mass is 9.96. The van der Waals surface area contributed by atoms with Gasteiger partial charge >= 0.3 is 0 Å². The Morgan fingerprint density at radius 1 is 0.304 bits per heavy atom. The average molecular weight is 610 g/mol. The molecule has 1 aromatic heterocycles. The van der Waals surface area contributed by atoms with Crippen molar-refractivity contribution in [2.75, 3.05) is 0 Å². The minimum Gasteiger partial charge on any atom is -0.208 e. The summed E-state index contributed by atoms with van der Waals surface area (Å²) in [6, 6.07) is 55.4. The minimum atomic E-state index is -1.33.